The minimum absolute atomic E-state index is 0.214. The lowest BCUT2D eigenvalue weighted by atomic mass is 9.63. The SMILES string of the molecule is CC1(C)CC(NC(=O)CCNC2CC2)CC(C)(C)C1. The smallest absolute Gasteiger partial charge is 0.221 e. The summed E-state index contributed by atoms with van der Waals surface area (Å²) < 4.78 is 0. The minimum atomic E-state index is 0.214. The largest absolute Gasteiger partial charge is 0.353 e. The maximum Gasteiger partial charge on any atom is 0.221 e. The monoisotopic (exact) mass is 266 g/mol. The van der Waals surface area contributed by atoms with Crippen LogP contribution in [0.4, 0.5) is 0 Å². The van der Waals surface area contributed by atoms with Gasteiger partial charge in [-0.1, -0.05) is 27.7 Å². The highest BCUT2D eigenvalue weighted by Crippen LogP contribution is 2.45. The molecule has 2 rings (SSSR count). The Hall–Kier alpha value is -0.570. The van der Waals surface area contributed by atoms with Crippen molar-refractivity contribution in [2.45, 2.75) is 78.3 Å². The molecule has 2 fully saturated rings. The van der Waals surface area contributed by atoms with Crippen molar-refractivity contribution in [3.8, 4) is 0 Å². The number of hydrogen-bond donors (Lipinski definition) is 2. The summed E-state index contributed by atoms with van der Waals surface area (Å²) >= 11 is 0. The highest BCUT2D eigenvalue weighted by Gasteiger charge is 2.38. The minimum Gasteiger partial charge on any atom is -0.353 e. The maximum atomic E-state index is 12.0. The van der Waals surface area contributed by atoms with Gasteiger partial charge in [-0.05, 0) is 42.9 Å². The standard InChI is InChI=1S/C16H30N2O/c1-15(2)9-13(10-16(3,4)11-15)18-14(19)7-8-17-12-5-6-12/h12-13,17H,5-11H2,1-4H3,(H,18,19). The van der Waals surface area contributed by atoms with E-state index in [9.17, 15) is 4.79 Å². The van der Waals surface area contributed by atoms with Crippen LogP contribution >= 0.6 is 0 Å². The average molecular weight is 266 g/mol. The third-order valence-electron chi connectivity index (χ3n) is 4.28. The van der Waals surface area contributed by atoms with E-state index >= 15 is 0 Å². The Morgan fingerprint density at radius 3 is 2.16 bits per heavy atom. The molecule has 0 radical (unpaired) electrons. The van der Waals surface area contributed by atoms with E-state index in [1.54, 1.807) is 0 Å². The van der Waals surface area contributed by atoms with Gasteiger partial charge in [0, 0.05) is 25.0 Å². The van der Waals surface area contributed by atoms with Crippen molar-refractivity contribution in [1.82, 2.24) is 10.6 Å². The van der Waals surface area contributed by atoms with E-state index in [1.807, 2.05) is 0 Å². The zero-order valence-electron chi connectivity index (χ0n) is 13.0. The van der Waals surface area contributed by atoms with Gasteiger partial charge in [0.15, 0.2) is 0 Å². The zero-order valence-corrected chi connectivity index (χ0v) is 13.0. The summed E-state index contributed by atoms with van der Waals surface area (Å²) in [7, 11) is 0. The summed E-state index contributed by atoms with van der Waals surface area (Å²) in [5, 5.41) is 6.64. The van der Waals surface area contributed by atoms with E-state index in [4.69, 9.17) is 0 Å². The molecule has 1 amide bonds. The van der Waals surface area contributed by atoms with Gasteiger partial charge in [-0.25, -0.2) is 0 Å². The molecule has 0 heterocycles. The average Bonchev–Trinajstić information content (AvgIpc) is 2.95. The van der Waals surface area contributed by atoms with Gasteiger partial charge in [0.25, 0.3) is 0 Å². The van der Waals surface area contributed by atoms with Gasteiger partial charge in [-0.2, -0.15) is 0 Å². The van der Waals surface area contributed by atoms with Crippen molar-refractivity contribution in [3.63, 3.8) is 0 Å². The van der Waals surface area contributed by atoms with E-state index in [-0.39, 0.29) is 5.91 Å². The Morgan fingerprint density at radius 2 is 1.63 bits per heavy atom. The second-order valence-corrected chi connectivity index (χ2v) is 8.16. The fourth-order valence-corrected chi connectivity index (χ4v) is 3.93. The molecular weight excluding hydrogens is 236 g/mol. The molecule has 0 unspecified atom stereocenters. The van der Waals surface area contributed by atoms with Crippen molar-refractivity contribution in [2.75, 3.05) is 6.54 Å². The lowest BCUT2D eigenvalue weighted by Crippen LogP contribution is -2.46. The molecule has 0 aliphatic heterocycles. The summed E-state index contributed by atoms with van der Waals surface area (Å²) in [4.78, 5) is 12.0. The number of nitrogens with one attached hydrogen (secondary N) is 2. The molecule has 0 spiro atoms. The fourth-order valence-electron chi connectivity index (χ4n) is 3.93. The van der Waals surface area contributed by atoms with Crippen molar-refractivity contribution < 1.29 is 4.79 Å². The van der Waals surface area contributed by atoms with Crippen LogP contribution < -0.4 is 10.6 Å². The first-order chi connectivity index (χ1) is 8.76. The van der Waals surface area contributed by atoms with Crippen LogP contribution in [0.2, 0.25) is 0 Å². The Kier molecular flexibility index (Phi) is 4.24. The Bertz CT molecular complexity index is 316. The zero-order chi connectivity index (χ0) is 14.1. The molecule has 2 N–H and O–H groups in total. The first-order valence-electron chi connectivity index (χ1n) is 7.79. The lowest BCUT2D eigenvalue weighted by Gasteiger charge is -2.45. The van der Waals surface area contributed by atoms with Gasteiger partial charge in [0.05, 0.1) is 0 Å². The molecule has 3 heteroatoms. The Labute approximate surface area is 117 Å². The highest BCUT2D eigenvalue weighted by molar-refractivity contribution is 5.76. The van der Waals surface area contributed by atoms with Gasteiger partial charge in [-0.3, -0.25) is 4.79 Å². The number of amides is 1. The van der Waals surface area contributed by atoms with Crippen molar-refractivity contribution >= 4 is 5.91 Å². The van der Waals surface area contributed by atoms with Crippen LogP contribution in [0.3, 0.4) is 0 Å². The Morgan fingerprint density at radius 1 is 1.05 bits per heavy atom. The van der Waals surface area contributed by atoms with Crippen molar-refractivity contribution in [3.05, 3.63) is 0 Å². The van der Waals surface area contributed by atoms with Crippen LogP contribution in [0.1, 0.15) is 66.2 Å². The fraction of sp³-hybridized carbons (Fsp3) is 0.938. The summed E-state index contributed by atoms with van der Waals surface area (Å²) in [5.74, 6) is 0.214. The molecule has 0 aromatic heterocycles. The van der Waals surface area contributed by atoms with Crippen LogP contribution in [0.15, 0.2) is 0 Å². The van der Waals surface area contributed by atoms with Gasteiger partial charge in [-0.15, -0.1) is 0 Å². The molecule has 0 aromatic carbocycles. The predicted molar refractivity (Wildman–Crippen MR) is 79.0 cm³/mol. The second-order valence-electron chi connectivity index (χ2n) is 8.16. The summed E-state index contributed by atoms with van der Waals surface area (Å²) in [6.45, 7) is 10.1. The first-order valence-corrected chi connectivity index (χ1v) is 7.79. The van der Waals surface area contributed by atoms with E-state index in [2.05, 4.69) is 38.3 Å². The molecule has 0 aromatic rings. The van der Waals surface area contributed by atoms with Gasteiger partial charge in [0.2, 0.25) is 5.91 Å². The number of hydrogen-bond acceptors (Lipinski definition) is 2. The van der Waals surface area contributed by atoms with E-state index in [0.717, 1.165) is 19.4 Å². The molecule has 2 saturated carbocycles. The number of rotatable bonds is 5. The molecule has 2 aliphatic carbocycles. The third kappa shape index (κ3) is 5.13. The maximum absolute atomic E-state index is 12.0. The molecule has 110 valence electrons. The highest BCUT2D eigenvalue weighted by atomic mass is 16.1. The summed E-state index contributed by atoms with van der Waals surface area (Å²) in [6, 6.07) is 1.05. The van der Waals surface area contributed by atoms with E-state index in [1.165, 1.54) is 19.3 Å². The molecule has 0 saturated heterocycles. The normalized spacial score (nSPS) is 26.1. The van der Waals surface area contributed by atoms with Crippen LogP contribution in [-0.4, -0.2) is 24.5 Å². The molecule has 0 atom stereocenters. The number of carbonyl (C=O) groups excluding carboxylic acids is 1. The predicted octanol–water partition coefficient (Wildman–Crippen LogP) is 2.85. The molecular formula is C16H30N2O. The second kappa shape index (κ2) is 5.43. The van der Waals surface area contributed by atoms with Gasteiger partial charge >= 0.3 is 0 Å². The molecule has 2 aliphatic rings. The first kappa shape index (κ1) is 14.8. The van der Waals surface area contributed by atoms with E-state index in [0.29, 0.717) is 29.3 Å². The topological polar surface area (TPSA) is 41.1 Å². The summed E-state index contributed by atoms with van der Waals surface area (Å²) in [6.07, 6.45) is 6.65. The quantitative estimate of drug-likeness (QED) is 0.803. The van der Waals surface area contributed by atoms with Crippen molar-refractivity contribution in [2.24, 2.45) is 10.8 Å². The van der Waals surface area contributed by atoms with Crippen LogP contribution in [0.25, 0.3) is 0 Å². The van der Waals surface area contributed by atoms with Gasteiger partial charge in [0.1, 0.15) is 0 Å². The van der Waals surface area contributed by atoms with Crippen LogP contribution in [0.5, 0.6) is 0 Å². The molecule has 19 heavy (non-hydrogen) atoms. The summed E-state index contributed by atoms with van der Waals surface area (Å²) in [5.41, 5.74) is 0.678. The van der Waals surface area contributed by atoms with E-state index < -0.39 is 0 Å². The van der Waals surface area contributed by atoms with Gasteiger partial charge < -0.3 is 10.6 Å². The Balaban J connectivity index is 1.75. The van der Waals surface area contributed by atoms with Crippen molar-refractivity contribution in [1.29, 1.82) is 0 Å². The molecule has 0 bridgehead atoms. The number of carbonyl (C=O) groups is 1. The van der Waals surface area contributed by atoms with Crippen LogP contribution in [-0.2, 0) is 4.79 Å². The third-order valence-corrected chi connectivity index (χ3v) is 4.28. The lowest BCUT2D eigenvalue weighted by molar-refractivity contribution is -0.122. The van der Waals surface area contributed by atoms with Crippen LogP contribution in [0, 0.1) is 10.8 Å². The molecule has 3 nitrogen and oxygen atoms in total.